The first-order valence-corrected chi connectivity index (χ1v) is 16.2. The number of aryl methyl sites for hydroxylation is 1. The number of nitrogens with zero attached hydrogens (tertiary/aromatic N) is 3. The number of thioether (sulfide) groups is 1. The lowest BCUT2D eigenvalue weighted by atomic mass is 9.95. The molecule has 2 aromatic heterocycles. The number of thiophene rings is 1. The molecule has 1 saturated carbocycles. The van der Waals surface area contributed by atoms with E-state index in [0.29, 0.717) is 32.9 Å². The maximum atomic E-state index is 13.4. The zero-order chi connectivity index (χ0) is 29.6. The van der Waals surface area contributed by atoms with Crippen molar-refractivity contribution in [3.63, 3.8) is 0 Å². The van der Waals surface area contributed by atoms with Crippen molar-refractivity contribution in [3.05, 3.63) is 51.7 Å². The van der Waals surface area contributed by atoms with Gasteiger partial charge < -0.3 is 24.7 Å². The summed E-state index contributed by atoms with van der Waals surface area (Å²) in [6.45, 7) is 4.11. The molecule has 10 nitrogen and oxygen atoms in total. The molecule has 42 heavy (non-hydrogen) atoms. The molecule has 2 aliphatic carbocycles. The number of esters is 1. The lowest BCUT2D eigenvalue weighted by molar-refractivity contribution is -0.115. The third-order valence-electron chi connectivity index (χ3n) is 7.72. The van der Waals surface area contributed by atoms with Gasteiger partial charge in [0.25, 0.3) is 5.91 Å². The van der Waals surface area contributed by atoms with Crippen LogP contribution in [0.5, 0.6) is 5.75 Å². The fourth-order valence-electron chi connectivity index (χ4n) is 5.55. The molecule has 2 aliphatic rings. The molecule has 0 spiro atoms. The highest BCUT2D eigenvalue weighted by atomic mass is 32.2. The molecule has 5 rings (SSSR count). The van der Waals surface area contributed by atoms with Gasteiger partial charge in [0, 0.05) is 16.5 Å². The number of methoxy groups -OCH3 is 1. The molecule has 2 heterocycles. The molecule has 12 heteroatoms. The van der Waals surface area contributed by atoms with Gasteiger partial charge in [0.2, 0.25) is 5.91 Å². The molecule has 2 amide bonds. The minimum Gasteiger partial charge on any atom is -0.497 e. The minimum absolute atomic E-state index is 0.204. The molecule has 0 saturated heterocycles. The van der Waals surface area contributed by atoms with E-state index in [2.05, 4.69) is 25.4 Å². The molecule has 0 radical (unpaired) electrons. The molecular weight excluding hydrogens is 574 g/mol. The number of anilines is 1. The molecule has 0 aliphatic heterocycles. The Morgan fingerprint density at radius 3 is 2.57 bits per heavy atom. The highest BCUT2D eigenvalue weighted by Crippen LogP contribution is 2.40. The summed E-state index contributed by atoms with van der Waals surface area (Å²) in [5, 5.41) is 15.6. The summed E-state index contributed by atoms with van der Waals surface area (Å²) >= 11 is 2.81. The van der Waals surface area contributed by atoms with Crippen LogP contribution in [0.4, 0.5) is 5.00 Å². The van der Waals surface area contributed by atoms with Crippen LogP contribution in [0.2, 0.25) is 0 Å². The average molecular weight is 612 g/mol. The highest BCUT2D eigenvalue weighted by molar-refractivity contribution is 8.00. The van der Waals surface area contributed by atoms with Gasteiger partial charge in [-0.2, -0.15) is 0 Å². The van der Waals surface area contributed by atoms with E-state index in [1.54, 1.807) is 38.3 Å². The highest BCUT2D eigenvalue weighted by Gasteiger charge is 2.30. The Labute approximate surface area is 254 Å². The lowest BCUT2D eigenvalue weighted by Gasteiger charge is -2.26. The van der Waals surface area contributed by atoms with Crippen LogP contribution in [-0.2, 0) is 28.9 Å². The largest absolute Gasteiger partial charge is 0.497 e. The van der Waals surface area contributed by atoms with E-state index >= 15 is 0 Å². The van der Waals surface area contributed by atoms with Crippen molar-refractivity contribution in [2.45, 2.75) is 88.2 Å². The van der Waals surface area contributed by atoms with Gasteiger partial charge in [0.1, 0.15) is 10.8 Å². The third-order valence-corrected chi connectivity index (χ3v) is 9.99. The number of amides is 2. The van der Waals surface area contributed by atoms with Crippen molar-refractivity contribution in [1.82, 2.24) is 20.1 Å². The summed E-state index contributed by atoms with van der Waals surface area (Å²) in [5.41, 5.74) is 2.04. The van der Waals surface area contributed by atoms with E-state index < -0.39 is 5.25 Å². The molecule has 1 fully saturated rings. The first kappa shape index (κ1) is 30.1. The zero-order valence-corrected chi connectivity index (χ0v) is 25.9. The van der Waals surface area contributed by atoms with Crippen LogP contribution in [0.3, 0.4) is 0 Å². The summed E-state index contributed by atoms with van der Waals surface area (Å²) in [6, 6.07) is 7.14. The molecule has 0 unspecified atom stereocenters. The first-order valence-electron chi connectivity index (χ1n) is 14.5. The van der Waals surface area contributed by atoms with Gasteiger partial charge in [0.15, 0.2) is 11.0 Å². The van der Waals surface area contributed by atoms with Crippen LogP contribution in [0.25, 0.3) is 0 Å². The molecule has 1 atom stereocenters. The van der Waals surface area contributed by atoms with Gasteiger partial charge >= 0.3 is 5.97 Å². The Morgan fingerprint density at radius 2 is 1.86 bits per heavy atom. The van der Waals surface area contributed by atoms with Crippen molar-refractivity contribution in [2.75, 3.05) is 19.0 Å². The Bertz CT molecular complexity index is 1430. The van der Waals surface area contributed by atoms with E-state index in [4.69, 9.17) is 9.47 Å². The SMILES string of the molecule is CCOC(=O)c1c(NC(=O)[C@@H](C)Sc2nnc(CNC(=O)c3ccc(OC)cc3)n2C2CCCCC2)sc2c1CCC2. The number of hydrogen-bond acceptors (Lipinski definition) is 9. The average Bonchev–Trinajstić information content (AvgIpc) is 3.71. The second-order valence-electron chi connectivity index (χ2n) is 10.5. The summed E-state index contributed by atoms with van der Waals surface area (Å²) in [7, 11) is 1.59. The predicted molar refractivity (Wildman–Crippen MR) is 163 cm³/mol. The number of rotatable bonds is 11. The van der Waals surface area contributed by atoms with E-state index in [-0.39, 0.29) is 37.0 Å². The van der Waals surface area contributed by atoms with E-state index in [0.717, 1.165) is 55.4 Å². The van der Waals surface area contributed by atoms with Crippen molar-refractivity contribution in [2.24, 2.45) is 0 Å². The van der Waals surface area contributed by atoms with Crippen LogP contribution in [-0.4, -0.2) is 51.5 Å². The maximum Gasteiger partial charge on any atom is 0.341 e. The number of ether oxygens (including phenoxy) is 2. The minimum atomic E-state index is -0.495. The number of aromatic nitrogens is 3. The summed E-state index contributed by atoms with van der Waals surface area (Å²) in [5.74, 6) is 0.545. The number of hydrogen-bond donors (Lipinski definition) is 2. The van der Waals surface area contributed by atoms with Crippen LogP contribution in [0.1, 0.15) is 95.4 Å². The lowest BCUT2D eigenvalue weighted by Crippen LogP contribution is -2.27. The number of benzene rings is 1. The Morgan fingerprint density at radius 1 is 1.10 bits per heavy atom. The second kappa shape index (κ2) is 13.7. The predicted octanol–water partition coefficient (Wildman–Crippen LogP) is 5.57. The summed E-state index contributed by atoms with van der Waals surface area (Å²) in [4.78, 5) is 40.1. The Kier molecular flexibility index (Phi) is 9.84. The van der Waals surface area contributed by atoms with Crippen molar-refractivity contribution in [1.29, 1.82) is 0 Å². The smallest absolute Gasteiger partial charge is 0.341 e. The monoisotopic (exact) mass is 611 g/mol. The molecular formula is C30H37N5O5S2. The molecule has 2 N–H and O–H groups in total. The van der Waals surface area contributed by atoms with E-state index in [1.165, 1.54) is 29.5 Å². The first-order chi connectivity index (χ1) is 20.4. The van der Waals surface area contributed by atoms with Gasteiger partial charge in [-0.3, -0.25) is 9.59 Å². The van der Waals surface area contributed by atoms with Gasteiger partial charge in [-0.1, -0.05) is 31.0 Å². The molecule has 3 aromatic rings. The fraction of sp³-hybridized carbons (Fsp3) is 0.500. The van der Waals surface area contributed by atoms with Gasteiger partial charge in [-0.15, -0.1) is 21.5 Å². The van der Waals surface area contributed by atoms with E-state index in [1.807, 2.05) is 6.92 Å². The normalized spacial score (nSPS) is 15.6. The van der Waals surface area contributed by atoms with E-state index in [9.17, 15) is 14.4 Å². The number of carbonyl (C=O) groups excluding carboxylic acids is 3. The third kappa shape index (κ3) is 6.64. The van der Waals surface area contributed by atoms with Crippen molar-refractivity contribution < 1.29 is 23.9 Å². The van der Waals surface area contributed by atoms with Gasteiger partial charge in [0.05, 0.1) is 31.1 Å². The van der Waals surface area contributed by atoms with Gasteiger partial charge in [-0.25, -0.2) is 4.79 Å². The standard InChI is InChI=1S/C30H37N5O5S2/c1-4-40-29(38)25-22-11-8-12-23(22)42-28(25)32-26(36)18(2)41-30-34-33-24(35(30)20-9-6-5-7-10-20)17-31-27(37)19-13-15-21(39-3)16-14-19/h13-16,18,20H,4-12,17H2,1-3H3,(H,31,37)(H,32,36)/t18-/m1/s1. The van der Waals surface area contributed by atoms with Gasteiger partial charge in [-0.05, 0) is 75.8 Å². The Balaban J connectivity index is 1.30. The molecule has 1 aromatic carbocycles. The second-order valence-corrected chi connectivity index (χ2v) is 12.9. The molecule has 0 bridgehead atoms. The fourth-order valence-corrected chi connectivity index (χ4v) is 7.77. The maximum absolute atomic E-state index is 13.4. The zero-order valence-electron chi connectivity index (χ0n) is 24.2. The van der Waals surface area contributed by atoms with Crippen LogP contribution in [0.15, 0.2) is 29.4 Å². The van der Waals surface area contributed by atoms with Crippen LogP contribution >= 0.6 is 23.1 Å². The van der Waals surface area contributed by atoms with Crippen molar-refractivity contribution >= 4 is 45.9 Å². The number of carbonyl (C=O) groups is 3. The van der Waals surface area contributed by atoms with Crippen LogP contribution in [0, 0.1) is 0 Å². The van der Waals surface area contributed by atoms with Crippen LogP contribution < -0.4 is 15.4 Å². The quantitative estimate of drug-likeness (QED) is 0.213. The Hall–Kier alpha value is -3.38. The number of fused-ring (bicyclic) bond motifs is 1. The van der Waals surface area contributed by atoms with Crippen molar-refractivity contribution in [3.8, 4) is 5.75 Å². The number of nitrogens with one attached hydrogen (secondary N) is 2. The molecule has 224 valence electrons. The summed E-state index contributed by atoms with van der Waals surface area (Å²) in [6.07, 6.45) is 8.15. The topological polar surface area (TPSA) is 124 Å². The summed E-state index contributed by atoms with van der Waals surface area (Å²) < 4.78 is 12.6.